The second-order valence-electron chi connectivity index (χ2n) is 5.01. The third kappa shape index (κ3) is 3.26. The van der Waals surface area contributed by atoms with E-state index in [0.29, 0.717) is 18.0 Å². The van der Waals surface area contributed by atoms with Crippen molar-refractivity contribution in [1.82, 2.24) is 5.16 Å². The van der Waals surface area contributed by atoms with Gasteiger partial charge in [-0.2, -0.15) is 0 Å². The Morgan fingerprint density at radius 1 is 1.26 bits per heavy atom. The maximum atomic E-state index is 11.2. The predicted octanol–water partition coefficient (Wildman–Crippen LogP) is 3.89. The first-order valence-corrected chi connectivity index (χ1v) is 7.09. The van der Waals surface area contributed by atoms with Gasteiger partial charge in [-0.05, 0) is 42.8 Å². The van der Waals surface area contributed by atoms with Crippen LogP contribution in [0.15, 0.2) is 47.0 Å². The zero-order chi connectivity index (χ0) is 16.2. The monoisotopic (exact) mass is 312 g/mol. The Balaban J connectivity index is 1.71. The van der Waals surface area contributed by atoms with Crippen LogP contribution in [0, 0.1) is 6.92 Å². The lowest BCUT2D eigenvalue weighted by Gasteiger charge is -2.10. The van der Waals surface area contributed by atoms with E-state index in [0.717, 1.165) is 22.2 Å². The van der Waals surface area contributed by atoms with E-state index in [1.165, 1.54) is 7.11 Å². The summed E-state index contributed by atoms with van der Waals surface area (Å²) in [5.41, 5.74) is 3.03. The van der Waals surface area contributed by atoms with E-state index in [9.17, 15) is 4.79 Å². The van der Waals surface area contributed by atoms with E-state index in [-0.39, 0.29) is 0 Å². The molecule has 0 unspecified atom stereocenters. The van der Waals surface area contributed by atoms with Crippen molar-refractivity contribution < 1.29 is 18.8 Å². The van der Waals surface area contributed by atoms with Gasteiger partial charge in [0.1, 0.15) is 18.1 Å². The zero-order valence-electron chi connectivity index (χ0n) is 12.8. The molecule has 0 aliphatic heterocycles. The third-order valence-electron chi connectivity index (χ3n) is 3.45. The number of nitrogens with zero attached hydrogens (tertiary/aromatic N) is 1. The molecule has 3 rings (SSSR count). The molecule has 23 heavy (non-hydrogen) atoms. The fourth-order valence-corrected chi connectivity index (χ4v) is 2.22. The highest BCUT2D eigenvalue weighted by atomic mass is 16.5. The molecular formula is C17H16N2O4. The Labute approximate surface area is 133 Å². The van der Waals surface area contributed by atoms with E-state index in [2.05, 4.69) is 15.2 Å². The highest BCUT2D eigenvalue weighted by Gasteiger charge is 2.09. The highest BCUT2D eigenvalue weighted by Crippen LogP contribution is 2.24. The highest BCUT2D eigenvalue weighted by molar-refractivity contribution is 5.85. The molecule has 1 amide bonds. The summed E-state index contributed by atoms with van der Waals surface area (Å²) in [6, 6.07) is 13.0. The van der Waals surface area contributed by atoms with E-state index < -0.39 is 6.09 Å². The number of benzene rings is 2. The fourth-order valence-electron chi connectivity index (χ4n) is 2.22. The topological polar surface area (TPSA) is 73.6 Å². The quantitative estimate of drug-likeness (QED) is 0.791. The number of rotatable bonds is 4. The summed E-state index contributed by atoms with van der Waals surface area (Å²) >= 11 is 0. The maximum absolute atomic E-state index is 11.2. The number of fused-ring (bicyclic) bond motifs is 1. The molecule has 0 spiro atoms. The Morgan fingerprint density at radius 2 is 2.09 bits per heavy atom. The van der Waals surface area contributed by atoms with Crippen molar-refractivity contribution >= 4 is 22.7 Å². The van der Waals surface area contributed by atoms with Gasteiger partial charge in [-0.3, -0.25) is 5.32 Å². The number of methoxy groups -OCH3 is 1. The Morgan fingerprint density at radius 3 is 2.87 bits per heavy atom. The number of anilines is 1. The van der Waals surface area contributed by atoms with E-state index in [1.54, 1.807) is 12.1 Å². The van der Waals surface area contributed by atoms with Crippen LogP contribution in [0.1, 0.15) is 11.3 Å². The summed E-state index contributed by atoms with van der Waals surface area (Å²) in [5.74, 6) is 0.685. The number of hydrogen-bond donors (Lipinski definition) is 1. The van der Waals surface area contributed by atoms with Crippen LogP contribution in [0.25, 0.3) is 11.0 Å². The first kappa shape index (κ1) is 14.9. The molecule has 0 saturated carbocycles. The summed E-state index contributed by atoms with van der Waals surface area (Å²) in [7, 11) is 1.32. The number of nitrogens with one attached hydrogen (secondary N) is 1. The van der Waals surface area contributed by atoms with E-state index in [4.69, 9.17) is 9.26 Å². The summed E-state index contributed by atoms with van der Waals surface area (Å²) in [4.78, 5) is 11.2. The lowest BCUT2D eigenvalue weighted by atomic mass is 10.2. The molecule has 3 aromatic rings. The normalized spacial score (nSPS) is 10.5. The van der Waals surface area contributed by atoms with Gasteiger partial charge >= 0.3 is 6.09 Å². The molecule has 1 heterocycles. The van der Waals surface area contributed by atoms with Crippen molar-refractivity contribution in [2.24, 2.45) is 0 Å². The minimum Gasteiger partial charge on any atom is -0.487 e. The molecule has 0 bridgehead atoms. The molecule has 0 aliphatic carbocycles. The van der Waals surface area contributed by atoms with Crippen molar-refractivity contribution in [2.45, 2.75) is 13.5 Å². The number of hydrogen-bond acceptors (Lipinski definition) is 5. The van der Waals surface area contributed by atoms with Crippen LogP contribution in [0.5, 0.6) is 5.75 Å². The molecule has 0 saturated heterocycles. The van der Waals surface area contributed by atoms with Crippen LogP contribution in [-0.4, -0.2) is 18.4 Å². The Kier molecular flexibility index (Phi) is 4.14. The molecular weight excluding hydrogens is 296 g/mol. The second-order valence-corrected chi connectivity index (χ2v) is 5.01. The van der Waals surface area contributed by atoms with Crippen molar-refractivity contribution in [3.63, 3.8) is 0 Å². The number of para-hydroxylation sites is 1. The van der Waals surface area contributed by atoms with Gasteiger partial charge in [-0.15, -0.1) is 0 Å². The molecule has 0 fully saturated rings. The molecule has 6 heteroatoms. The lowest BCUT2D eigenvalue weighted by Crippen LogP contribution is -2.11. The van der Waals surface area contributed by atoms with Crippen molar-refractivity contribution in [1.29, 1.82) is 0 Å². The summed E-state index contributed by atoms with van der Waals surface area (Å²) in [6.45, 7) is 2.18. The number of carbonyl (C=O) groups is 1. The second kappa shape index (κ2) is 6.39. The first-order chi connectivity index (χ1) is 11.2. The molecule has 1 aromatic heterocycles. The van der Waals surface area contributed by atoms with Gasteiger partial charge in [0, 0.05) is 11.1 Å². The summed E-state index contributed by atoms with van der Waals surface area (Å²) in [5, 5.41) is 7.60. The molecule has 0 radical (unpaired) electrons. The summed E-state index contributed by atoms with van der Waals surface area (Å²) < 4.78 is 15.6. The average Bonchev–Trinajstić information content (AvgIpc) is 2.98. The predicted molar refractivity (Wildman–Crippen MR) is 85.5 cm³/mol. The van der Waals surface area contributed by atoms with Crippen LogP contribution in [0.3, 0.4) is 0 Å². The minimum absolute atomic E-state index is 0.306. The molecule has 6 nitrogen and oxygen atoms in total. The molecule has 118 valence electrons. The van der Waals surface area contributed by atoms with E-state index >= 15 is 0 Å². The fraction of sp³-hybridized carbons (Fsp3) is 0.176. The van der Waals surface area contributed by atoms with Crippen LogP contribution in [-0.2, 0) is 11.3 Å². The standard InChI is InChI=1S/C17H16N2O4/c1-11-9-12(7-8-14(11)18-17(20)21-2)22-10-15-13-5-3-4-6-16(13)23-19-15/h3-9H,10H2,1-2H3,(H,18,20). The average molecular weight is 312 g/mol. The van der Waals surface area contributed by atoms with Crippen molar-refractivity contribution in [3.05, 3.63) is 53.7 Å². The molecule has 0 atom stereocenters. The number of ether oxygens (including phenoxy) is 2. The van der Waals surface area contributed by atoms with Gasteiger partial charge in [0.25, 0.3) is 0 Å². The SMILES string of the molecule is COC(=O)Nc1ccc(OCc2noc3ccccc23)cc1C. The number of aromatic nitrogens is 1. The first-order valence-electron chi connectivity index (χ1n) is 7.09. The van der Waals surface area contributed by atoms with Gasteiger partial charge in [0.2, 0.25) is 0 Å². The molecule has 2 aromatic carbocycles. The van der Waals surface area contributed by atoms with Gasteiger partial charge in [0.15, 0.2) is 5.58 Å². The minimum atomic E-state index is -0.504. The van der Waals surface area contributed by atoms with Crippen molar-refractivity contribution in [2.75, 3.05) is 12.4 Å². The Hall–Kier alpha value is -3.02. The van der Waals surface area contributed by atoms with Gasteiger partial charge in [0.05, 0.1) is 7.11 Å². The maximum Gasteiger partial charge on any atom is 0.411 e. The number of carbonyl (C=O) groups excluding carboxylic acids is 1. The van der Waals surface area contributed by atoms with Gasteiger partial charge < -0.3 is 14.0 Å². The smallest absolute Gasteiger partial charge is 0.411 e. The third-order valence-corrected chi connectivity index (χ3v) is 3.45. The van der Waals surface area contributed by atoms with Gasteiger partial charge in [-0.1, -0.05) is 17.3 Å². The van der Waals surface area contributed by atoms with Crippen LogP contribution in [0.2, 0.25) is 0 Å². The largest absolute Gasteiger partial charge is 0.487 e. The van der Waals surface area contributed by atoms with E-state index in [1.807, 2.05) is 37.3 Å². The molecule has 1 N–H and O–H groups in total. The number of amides is 1. The van der Waals surface area contributed by atoms with Crippen molar-refractivity contribution in [3.8, 4) is 5.75 Å². The lowest BCUT2D eigenvalue weighted by molar-refractivity contribution is 0.187. The van der Waals surface area contributed by atoms with Crippen LogP contribution in [0.4, 0.5) is 10.5 Å². The molecule has 0 aliphatic rings. The zero-order valence-corrected chi connectivity index (χ0v) is 12.8. The summed E-state index contributed by atoms with van der Waals surface area (Å²) in [6.07, 6.45) is -0.504. The number of aryl methyl sites for hydroxylation is 1. The van der Waals surface area contributed by atoms with Crippen LogP contribution >= 0.6 is 0 Å². The van der Waals surface area contributed by atoms with Gasteiger partial charge in [-0.25, -0.2) is 4.79 Å². The Bertz CT molecular complexity index is 841. The van der Waals surface area contributed by atoms with Crippen LogP contribution < -0.4 is 10.1 Å².